The first kappa shape index (κ1) is 17.1. The molecule has 2 fully saturated rings. The highest BCUT2D eigenvalue weighted by atomic mass is 16.6. The highest BCUT2D eigenvalue weighted by Gasteiger charge is 2.55. The van der Waals surface area contributed by atoms with Crippen LogP contribution in [-0.4, -0.2) is 47.6 Å². The van der Waals surface area contributed by atoms with Crippen LogP contribution in [0.2, 0.25) is 0 Å². The van der Waals surface area contributed by atoms with Crippen LogP contribution in [0.1, 0.15) is 60.8 Å². The van der Waals surface area contributed by atoms with Crippen molar-refractivity contribution in [3.63, 3.8) is 0 Å². The summed E-state index contributed by atoms with van der Waals surface area (Å²) in [7, 11) is 0. The molecule has 2 rings (SSSR count). The molecule has 1 saturated carbocycles. The van der Waals surface area contributed by atoms with Crippen LogP contribution in [0.4, 0.5) is 4.79 Å². The number of rotatable bonds is 3. The van der Waals surface area contributed by atoms with Gasteiger partial charge in [0.15, 0.2) is 0 Å². The molecule has 1 amide bonds. The monoisotopic (exact) mass is 309 g/mol. The summed E-state index contributed by atoms with van der Waals surface area (Å²) >= 11 is 0. The highest BCUT2D eigenvalue weighted by Crippen LogP contribution is 2.55. The van der Waals surface area contributed by atoms with Crippen LogP contribution in [0.3, 0.4) is 0 Å². The first-order valence-electron chi connectivity index (χ1n) is 8.46. The van der Waals surface area contributed by atoms with Crippen molar-refractivity contribution in [1.29, 1.82) is 0 Å². The van der Waals surface area contributed by atoms with Crippen LogP contribution in [0.5, 0.6) is 0 Å². The van der Waals surface area contributed by atoms with Crippen molar-refractivity contribution < 1.29 is 9.53 Å². The number of amides is 1. The molecule has 5 nitrogen and oxygen atoms in total. The van der Waals surface area contributed by atoms with Crippen molar-refractivity contribution in [2.45, 2.75) is 78.5 Å². The molecule has 1 aliphatic heterocycles. The van der Waals surface area contributed by atoms with Crippen LogP contribution < -0.4 is 5.32 Å². The van der Waals surface area contributed by atoms with Gasteiger partial charge in [-0.05, 0) is 66.2 Å². The number of aliphatic imine (C=N–C) groups is 1. The molecule has 1 N–H and O–H groups in total. The zero-order valence-corrected chi connectivity index (χ0v) is 14.9. The summed E-state index contributed by atoms with van der Waals surface area (Å²) in [6.45, 7) is 13.5. The predicted molar refractivity (Wildman–Crippen MR) is 89.3 cm³/mol. The number of amidine groups is 1. The second kappa shape index (κ2) is 6.09. The molecule has 0 bridgehead atoms. The molecule has 2 aliphatic rings. The van der Waals surface area contributed by atoms with E-state index in [2.05, 4.69) is 24.2 Å². The molecule has 1 spiro atoms. The van der Waals surface area contributed by atoms with Crippen LogP contribution >= 0.6 is 0 Å². The fourth-order valence-electron chi connectivity index (χ4n) is 3.07. The number of hydrogen-bond donors (Lipinski definition) is 1. The molecule has 126 valence electrons. The molecule has 0 aromatic rings. The lowest BCUT2D eigenvalue weighted by Crippen LogP contribution is -2.49. The summed E-state index contributed by atoms with van der Waals surface area (Å²) in [5.41, 5.74) is -0.150. The lowest BCUT2D eigenvalue weighted by atomic mass is 10.0. The van der Waals surface area contributed by atoms with Gasteiger partial charge in [-0.2, -0.15) is 0 Å². The van der Waals surface area contributed by atoms with E-state index in [9.17, 15) is 4.79 Å². The number of carbonyl (C=O) groups excluding carboxylic acids is 1. The second-order valence-corrected chi connectivity index (χ2v) is 7.99. The van der Waals surface area contributed by atoms with Gasteiger partial charge in [0.1, 0.15) is 11.4 Å². The molecule has 5 heteroatoms. The average molecular weight is 309 g/mol. The Balaban J connectivity index is 2.18. The standard InChI is InChI=1S/C17H31N3O2/c1-7-18-14(19-12(2)3)13-10-17(8-9-17)11-20(13)15(21)22-16(4,5)6/h12-13H,7-11H2,1-6H3,(H,18,19)/t13-/m0/s1. The van der Waals surface area contributed by atoms with E-state index in [1.165, 1.54) is 12.8 Å². The van der Waals surface area contributed by atoms with Crippen molar-refractivity contribution >= 4 is 11.9 Å². The number of ether oxygens (including phenoxy) is 1. The predicted octanol–water partition coefficient (Wildman–Crippen LogP) is 3.19. The highest BCUT2D eigenvalue weighted by molar-refractivity contribution is 5.91. The van der Waals surface area contributed by atoms with E-state index in [1.54, 1.807) is 0 Å². The van der Waals surface area contributed by atoms with Gasteiger partial charge in [-0.25, -0.2) is 4.79 Å². The van der Waals surface area contributed by atoms with Crippen LogP contribution in [0, 0.1) is 5.41 Å². The second-order valence-electron chi connectivity index (χ2n) is 7.99. The Morgan fingerprint density at radius 2 is 2.05 bits per heavy atom. The third-order valence-electron chi connectivity index (χ3n) is 4.17. The largest absolute Gasteiger partial charge is 0.444 e. The third kappa shape index (κ3) is 4.14. The van der Waals surface area contributed by atoms with Gasteiger partial charge in [0.05, 0.1) is 6.04 Å². The molecule has 22 heavy (non-hydrogen) atoms. The molecule has 0 aromatic carbocycles. The lowest BCUT2D eigenvalue weighted by molar-refractivity contribution is 0.0255. The van der Waals surface area contributed by atoms with E-state index >= 15 is 0 Å². The van der Waals surface area contributed by atoms with Gasteiger partial charge in [-0.3, -0.25) is 9.89 Å². The van der Waals surface area contributed by atoms with E-state index < -0.39 is 5.60 Å². The fourth-order valence-corrected chi connectivity index (χ4v) is 3.07. The summed E-state index contributed by atoms with van der Waals surface area (Å²) < 4.78 is 5.61. The van der Waals surface area contributed by atoms with E-state index in [4.69, 9.17) is 4.74 Å². The summed E-state index contributed by atoms with van der Waals surface area (Å²) in [4.78, 5) is 19.1. The van der Waals surface area contributed by atoms with E-state index in [0.717, 1.165) is 25.3 Å². The van der Waals surface area contributed by atoms with Crippen molar-refractivity contribution in [3.8, 4) is 0 Å². The maximum absolute atomic E-state index is 12.6. The smallest absolute Gasteiger partial charge is 0.410 e. The summed E-state index contributed by atoms with van der Waals surface area (Å²) in [5.74, 6) is 0.937. The zero-order valence-electron chi connectivity index (χ0n) is 14.9. The van der Waals surface area contributed by atoms with Gasteiger partial charge in [-0.1, -0.05) is 0 Å². The minimum absolute atomic E-state index is 0.0275. The molecule has 0 unspecified atom stereocenters. The van der Waals surface area contributed by atoms with Gasteiger partial charge < -0.3 is 10.1 Å². The summed E-state index contributed by atoms with van der Waals surface area (Å²) in [5, 5.41) is 3.44. The molecular formula is C17H31N3O2. The average Bonchev–Trinajstić information content (AvgIpc) is 2.97. The van der Waals surface area contributed by atoms with Crippen molar-refractivity contribution in [2.75, 3.05) is 13.1 Å². The zero-order chi connectivity index (χ0) is 16.5. The number of carbonyl (C=O) groups is 1. The number of likely N-dealkylation sites (tertiary alicyclic amines) is 1. The summed E-state index contributed by atoms with van der Waals surface area (Å²) in [6, 6.07) is 0.334. The third-order valence-corrected chi connectivity index (χ3v) is 4.17. The normalized spacial score (nSPS) is 24.0. The molecular weight excluding hydrogens is 278 g/mol. The maximum atomic E-state index is 12.6. The molecule has 0 aromatic heterocycles. The topological polar surface area (TPSA) is 53.9 Å². The Labute approximate surface area is 134 Å². The van der Waals surface area contributed by atoms with E-state index in [-0.39, 0.29) is 12.1 Å². The minimum Gasteiger partial charge on any atom is -0.444 e. The van der Waals surface area contributed by atoms with Crippen molar-refractivity contribution in [2.24, 2.45) is 10.4 Å². The first-order chi connectivity index (χ1) is 10.2. The Hall–Kier alpha value is -1.26. The van der Waals surface area contributed by atoms with Gasteiger partial charge in [0, 0.05) is 19.1 Å². The quantitative estimate of drug-likeness (QED) is 0.643. The minimum atomic E-state index is -0.464. The van der Waals surface area contributed by atoms with E-state index in [0.29, 0.717) is 11.5 Å². The van der Waals surface area contributed by atoms with Gasteiger partial charge >= 0.3 is 6.09 Å². The number of nitrogens with zero attached hydrogens (tertiary/aromatic N) is 2. The Bertz CT molecular complexity index is 447. The first-order valence-corrected chi connectivity index (χ1v) is 8.46. The number of hydrogen-bond acceptors (Lipinski definition) is 3. The lowest BCUT2D eigenvalue weighted by Gasteiger charge is -2.30. The Morgan fingerprint density at radius 3 is 2.50 bits per heavy atom. The van der Waals surface area contributed by atoms with Crippen LogP contribution in [0.15, 0.2) is 4.99 Å². The molecule has 0 radical (unpaired) electrons. The van der Waals surface area contributed by atoms with E-state index in [1.807, 2.05) is 32.6 Å². The Kier molecular flexibility index (Phi) is 4.73. The van der Waals surface area contributed by atoms with Crippen LogP contribution in [-0.2, 0) is 4.74 Å². The Morgan fingerprint density at radius 1 is 1.41 bits per heavy atom. The van der Waals surface area contributed by atoms with Crippen molar-refractivity contribution in [1.82, 2.24) is 10.2 Å². The summed E-state index contributed by atoms with van der Waals surface area (Å²) in [6.07, 6.45) is 3.22. The SMILES string of the molecule is CCN=C(NC(C)C)[C@@H]1CC2(CC2)CN1C(=O)OC(C)(C)C. The molecule has 1 heterocycles. The molecule has 1 atom stereocenters. The van der Waals surface area contributed by atoms with Crippen LogP contribution in [0.25, 0.3) is 0 Å². The van der Waals surface area contributed by atoms with Gasteiger partial charge in [-0.15, -0.1) is 0 Å². The maximum Gasteiger partial charge on any atom is 0.410 e. The van der Waals surface area contributed by atoms with Crippen molar-refractivity contribution in [3.05, 3.63) is 0 Å². The molecule has 1 aliphatic carbocycles. The van der Waals surface area contributed by atoms with Gasteiger partial charge in [0.2, 0.25) is 0 Å². The molecule has 1 saturated heterocycles. The fraction of sp³-hybridized carbons (Fsp3) is 0.882. The van der Waals surface area contributed by atoms with Gasteiger partial charge in [0.25, 0.3) is 0 Å². The number of nitrogens with one attached hydrogen (secondary N) is 1.